The lowest BCUT2D eigenvalue weighted by molar-refractivity contribution is -0.124. The largest absolute Gasteiger partial charge is 0.479 e. The molecule has 1 amide bonds. The minimum Gasteiger partial charge on any atom is -0.479 e. The summed E-state index contributed by atoms with van der Waals surface area (Å²) in [5.74, 6) is -3.29. The Labute approximate surface area is 166 Å². The fourth-order valence-corrected chi connectivity index (χ4v) is 4.46. The van der Waals surface area contributed by atoms with Gasteiger partial charge in [0.25, 0.3) is 11.8 Å². The van der Waals surface area contributed by atoms with Crippen molar-refractivity contribution in [2.45, 2.75) is 44.2 Å². The second-order valence-corrected chi connectivity index (χ2v) is 7.32. The number of pyridine rings is 2. The molecular formula is C20H22F2N4O3. The molecule has 29 heavy (non-hydrogen) atoms. The first-order valence-corrected chi connectivity index (χ1v) is 9.44. The van der Waals surface area contributed by atoms with E-state index in [4.69, 9.17) is 15.2 Å². The van der Waals surface area contributed by atoms with Crippen molar-refractivity contribution < 1.29 is 23.0 Å². The summed E-state index contributed by atoms with van der Waals surface area (Å²) in [6.45, 7) is 0.237. The van der Waals surface area contributed by atoms with Crippen LogP contribution in [0.3, 0.4) is 0 Å². The maximum Gasteiger partial charge on any atom is 0.255 e. The lowest BCUT2D eigenvalue weighted by Gasteiger charge is -2.41. The first-order chi connectivity index (χ1) is 14.0. The van der Waals surface area contributed by atoms with Crippen LogP contribution in [-0.4, -0.2) is 30.1 Å². The van der Waals surface area contributed by atoms with Crippen LogP contribution in [0.2, 0.25) is 0 Å². The molecule has 0 aromatic carbocycles. The molecule has 1 aliphatic carbocycles. The number of halogens is 2. The van der Waals surface area contributed by atoms with Crippen LogP contribution in [-0.2, 0) is 23.3 Å². The van der Waals surface area contributed by atoms with Crippen LogP contribution < -0.4 is 20.1 Å². The molecule has 2 aliphatic rings. The molecule has 1 fully saturated rings. The van der Waals surface area contributed by atoms with Crippen LogP contribution >= 0.6 is 0 Å². The van der Waals surface area contributed by atoms with Crippen molar-refractivity contribution in [3.05, 3.63) is 40.7 Å². The van der Waals surface area contributed by atoms with Crippen LogP contribution in [0, 0.1) is 11.6 Å². The number of aromatic nitrogens is 2. The second-order valence-electron chi connectivity index (χ2n) is 7.32. The van der Waals surface area contributed by atoms with Gasteiger partial charge in [-0.1, -0.05) is 12.8 Å². The Morgan fingerprint density at radius 2 is 1.79 bits per heavy atom. The fraction of sp³-hybridized carbons (Fsp3) is 0.450. The van der Waals surface area contributed by atoms with E-state index in [1.54, 1.807) is 6.20 Å². The lowest BCUT2D eigenvalue weighted by Crippen LogP contribution is -2.50. The van der Waals surface area contributed by atoms with Gasteiger partial charge < -0.3 is 20.1 Å². The number of hydrogen-bond acceptors (Lipinski definition) is 6. The van der Waals surface area contributed by atoms with Crippen LogP contribution in [0.25, 0.3) is 0 Å². The van der Waals surface area contributed by atoms with Crippen LogP contribution in [0.5, 0.6) is 11.8 Å². The molecule has 0 saturated heterocycles. The number of rotatable bonds is 4. The standard InChI is InChI=1S/C20H22F2N4O3/c1-28-17-14(21)16(15(22)18(25-17)29-2)26-10-11-9-24-12(8-23)7-13(11)20(19(26)27)5-3-4-6-20/h7,9H,3-6,8,10,23H2,1-2H3. The summed E-state index contributed by atoms with van der Waals surface area (Å²) in [5, 5.41) is 0. The maximum absolute atomic E-state index is 15.1. The van der Waals surface area contributed by atoms with Crippen LogP contribution in [0.1, 0.15) is 42.5 Å². The highest BCUT2D eigenvalue weighted by atomic mass is 19.1. The summed E-state index contributed by atoms with van der Waals surface area (Å²) in [4.78, 5) is 22.8. The zero-order valence-corrected chi connectivity index (χ0v) is 16.3. The molecule has 154 valence electrons. The van der Waals surface area contributed by atoms with Crippen molar-refractivity contribution in [1.29, 1.82) is 0 Å². The van der Waals surface area contributed by atoms with Crippen molar-refractivity contribution in [2.24, 2.45) is 5.73 Å². The van der Waals surface area contributed by atoms with Gasteiger partial charge in [-0.05, 0) is 30.0 Å². The highest BCUT2D eigenvalue weighted by Gasteiger charge is 2.51. The van der Waals surface area contributed by atoms with Gasteiger partial charge in [0.15, 0.2) is 0 Å². The molecule has 0 radical (unpaired) electrons. The van der Waals surface area contributed by atoms with Gasteiger partial charge in [-0.15, -0.1) is 0 Å². The molecule has 1 aliphatic heterocycles. The number of amides is 1. The number of carbonyl (C=O) groups is 1. The SMILES string of the molecule is COc1nc(OC)c(F)c(N2Cc3cnc(CN)cc3C3(CCCC3)C2=O)c1F. The van der Waals surface area contributed by atoms with Crippen LogP contribution in [0.4, 0.5) is 14.5 Å². The fourth-order valence-electron chi connectivity index (χ4n) is 4.46. The van der Waals surface area contributed by atoms with Gasteiger partial charge in [0, 0.05) is 12.7 Å². The molecular weight excluding hydrogens is 382 g/mol. The monoisotopic (exact) mass is 404 g/mol. The summed E-state index contributed by atoms with van der Waals surface area (Å²) in [6, 6.07) is 1.86. The smallest absolute Gasteiger partial charge is 0.255 e. The zero-order valence-electron chi connectivity index (χ0n) is 16.3. The third-order valence-corrected chi connectivity index (χ3v) is 5.86. The van der Waals surface area contributed by atoms with Crippen molar-refractivity contribution in [2.75, 3.05) is 19.1 Å². The van der Waals surface area contributed by atoms with Crippen molar-refractivity contribution in [3.63, 3.8) is 0 Å². The van der Waals surface area contributed by atoms with E-state index >= 15 is 8.78 Å². The average molecular weight is 404 g/mol. The first kappa shape index (κ1) is 19.5. The molecule has 1 saturated carbocycles. The molecule has 2 aromatic heterocycles. The summed E-state index contributed by atoms with van der Waals surface area (Å²) < 4.78 is 40.0. The van der Waals surface area contributed by atoms with E-state index in [0.29, 0.717) is 18.5 Å². The Balaban J connectivity index is 1.92. The predicted octanol–water partition coefficient (Wildman–Crippen LogP) is 2.59. The molecule has 3 heterocycles. The number of ether oxygens (including phenoxy) is 2. The lowest BCUT2D eigenvalue weighted by atomic mass is 9.73. The molecule has 2 aromatic rings. The number of nitrogens with zero attached hydrogens (tertiary/aromatic N) is 3. The Bertz CT molecular complexity index is 948. The zero-order chi connectivity index (χ0) is 20.8. The summed E-state index contributed by atoms with van der Waals surface area (Å²) in [6.07, 6.45) is 4.56. The van der Waals surface area contributed by atoms with E-state index in [-0.39, 0.29) is 19.0 Å². The maximum atomic E-state index is 15.1. The Morgan fingerprint density at radius 1 is 1.17 bits per heavy atom. The van der Waals surface area contributed by atoms with Gasteiger partial charge in [-0.2, -0.15) is 13.8 Å². The second kappa shape index (κ2) is 7.22. The van der Waals surface area contributed by atoms with Gasteiger partial charge in [-0.3, -0.25) is 9.78 Å². The first-order valence-electron chi connectivity index (χ1n) is 9.44. The molecule has 0 unspecified atom stereocenters. The minimum atomic E-state index is -1.04. The van der Waals surface area contributed by atoms with E-state index in [1.807, 2.05) is 6.07 Å². The summed E-state index contributed by atoms with van der Waals surface area (Å²) in [7, 11) is 2.44. The van der Waals surface area contributed by atoms with E-state index in [2.05, 4.69) is 9.97 Å². The quantitative estimate of drug-likeness (QED) is 0.842. The molecule has 7 nitrogen and oxygen atoms in total. The predicted molar refractivity (Wildman–Crippen MR) is 101 cm³/mol. The van der Waals surface area contributed by atoms with E-state index < -0.39 is 34.5 Å². The van der Waals surface area contributed by atoms with Crippen LogP contribution in [0.15, 0.2) is 12.3 Å². The van der Waals surface area contributed by atoms with E-state index in [9.17, 15) is 4.79 Å². The highest BCUT2D eigenvalue weighted by molar-refractivity contribution is 6.03. The normalized spacial score (nSPS) is 17.6. The molecule has 4 rings (SSSR count). The minimum absolute atomic E-state index is 0.0159. The molecule has 0 atom stereocenters. The number of hydrogen-bond donors (Lipinski definition) is 1. The molecule has 2 N–H and O–H groups in total. The topological polar surface area (TPSA) is 90.6 Å². The van der Waals surface area contributed by atoms with Gasteiger partial charge in [0.2, 0.25) is 17.5 Å². The van der Waals surface area contributed by atoms with E-state index in [1.165, 1.54) is 14.2 Å². The van der Waals surface area contributed by atoms with Gasteiger partial charge in [0.05, 0.1) is 31.9 Å². The van der Waals surface area contributed by atoms with Crippen molar-refractivity contribution in [3.8, 4) is 11.8 Å². The van der Waals surface area contributed by atoms with Crippen molar-refractivity contribution >= 4 is 11.6 Å². The molecule has 9 heteroatoms. The Hall–Kier alpha value is -2.81. The third-order valence-electron chi connectivity index (χ3n) is 5.86. The summed E-state index contributed by atoms with van der Waals surface area (Å²) >= 11 is 0. The molecule has 1 spiro atoms. The Morgan fingerprint density at radius 3 is 2.34 bits per heavy atom. The average Bonchev–Trinajstić information content (AvgIpc) is 3.22. The number of carbonyl (C=O) groups excluding carboxylic acids is 1. The van der Waals surface area contributed by atoms with E-state index in [0.717, 1.165) is 28.9 Å². The van der Waals surface area contributed by atoms with Gasteiger partial charge in [0.1, 0.15) is 5.69 Å². The Kier molecular flexibility index (Phi) is 4.85. The highest BCUT2D eigenvalue weighted by Crippen LogP contribution is 2.49. The number of anilines is 1. The number of methoxy groups -OCH3 is 2. The van der Waals surface area contributed by atoms with Crippen molar-refractivity contribution in [1.82, 2.24) is 9.97 Å². The summed E-state index contributed by atoms with van der Waals surface area (Å²) in [5.41, 5.74) is 6.67. The third kappa shape index (κ3) is 2.83. The van der Waals surface area contributed by atoms with Gasteiger partial charge in [-0.25, -0.2) is 0 Å². The van der Waals surface area contributed by atoms with Gasteiger partial charge >= 0.3 is 0 Å². The number of nitrogens with two attached hydrogens (primary N) is 1. The molecule has 0 bridgehead atoms. The number of fused-ring (bicyclic) bond motifs is 2.